The first-order chi connectivity index (χ1) is 10.0. The maximum Gasteiger partial charge on any atom is 0.241 e. The minimum absolute atomic E-state index is 0.116. The molecule has 0 bridgehead atoms. The Labute approximate surface area is 126 Å². The molecule has 1 aromatic carbocycles. The number of nitrogens with zero attached hydrogens (tertiary/aromatic N) is 1. The molecule has 1 heterocycles. The zero-order chi connectivity index (χ0) is 15.3. The molecule has 1 unspecified atom stereocenters. The number of rotatable bonds is 5. The van der Waals surface area contributed by atoms with Crippen molar-refractivity contribution < 1.29 is 13.2 Å². The van der Waals surface area contributed by atoms with Crippen LogP contribution in [0.1, 0.15) is 24.8 Å². The van der Waals surface area contributed by atoms with Crippen molar-refractivity contribution in [1.82, 2.24) is 4.90 Å². The minimum Gasteiger partial charge on any atom is -0.336 e. The van der Waals surface area contributed by atoms with E-state index in [0.29, 0.717) is 32.5 Å². The van der Waals surface area contributed by atoms with Gasteiger partial charge in [0.2, 0.25) is 5.91 Å². The molecule has 0 aliphatic carbocycles. The van der Waals surface area contributed by atoms with E-state index in [1.165, 1.54) is 0 Å². The average Bonchev–Trinajstić information content (AvgIpc) is 2.47. The van der Waals surface area contributed by atoms with E-state index in [-0.39, 0.29) is 11.7 Å². The summed E-state index contributed by atoms with van der Waals surface area (Å²) in [7, 11) is -3.31. The van der Waals surface area contributed by atoms with E-state index in [1.54, 1.807) is 4.90 Å². The van der Waals surface area contributed by atoms with Crippen molar-refractivity contribution in [2.24, 2.45) is 5.73 Å². The number of benzene rings is 1. The van der Waals surface area contributed by atoms with Crippen LogP contribution >= 0.6 is 0 Å². The van der Waals surface area contributed by atoms with Crippen LogP contribution in [0.5, 0.6) is 0 Å². The third-order valence-electron chi connectivity index (χ3n) is 3.78. The molecular formula is C15H22N2O3S. The molecule has 1 aliphatic heterocycles. The Bertz CT molecular complexity index is 572. The van der Waals surface area contributed by atoms with Gasteiger partial charge in [-0.05, 0) is 18.4 Å². The lowest BCUT2D eigenvalue weighted by Gasteiger charge is -2.29. The second-order valence-electron chi connectivity index (χ2n) is 5.39. The van der Waals surface area contributed by atoms with Crippen molar-refractivity contribution in [1.29, 1.82) is 0 Å². The standard InChI is InChI=1S/C15H22N2O3S/c16-9-10-17(12-13-6-2-1-3-7-13)15(18)14-8-4-5-11-21(14,19)20/h1-3,6-7,14H,4-5,8-12,16H2. The minimum atomic E-state index is -3.31. The normalized spacial score (nSPS) is 20.9. The lowest BCUT2D eigenvalue weighted by Crippen LogP contribution is -2.46. The summed E-state index contributed by atoms with van der Waals surface area (Å²) in [5.41, 5.74) is 6.55. The molecular weight excluding hydrogens is 288 g/mol. The molecule has 2 N–H and O–H groups in total. The number of hydrogen-bond donors (Lipinski definition) is 1. The number of nitrogens with two attached hydrogens (primary N) is 1. The second kappa shape index (κ2) is 7.04. The van der Waals surface area contributed by atoms with Crippen molar-refractivity contribution in [2.45, 2.75) is 31.1 Å². The van der Waals surface area contributed by atoms with Crippen LogP contribution in [0.15, 0.2) is 30.3 Å². The maximum atomic E-state index is 12.6. The molecule has 1 amide bonds. The Balaban J connectivity index is 2.15. The number of carbonyl (C=O) groups excluding carboxylic acids is 1. The topological polar surface area (TPSA) is 80.5 Å². The number of sulfone groups is 1. The maximum absolute atomic E-state index is 12.6. The Morgan fingerprint density at radius 3 is 2.57 bits per heavy atom. The van der Waals surface area contributed by atoms with E-state index in [9.17, 15) is 13.2 Å². The summed E-state index contributed by atoms with van der Waals surface area (Å²) in [4.78, 5) is 14.2. The molecule has 2 rings (SSSR count). The van der Waals surface area contributed by atoms with Crippen LogP contribution in [0, 0.1) is 0 Å². The van der Waals surface area contributed by atoms with Crippen LogP contribution in [0.3, 0.4) is 0 Å². The highest BCUT2D eigenvalue weighted by atomic mass is 32.2. The van der Waals surface area contributed by atoms with Gasteiger partial charge in [-0.1, -0.05) is 36.8 Å². The smallest absolute Gasteiger partial charge is 0.241 e. The molecule has 5 nitrogen and oxygen atoms in total. The number of amides is 1. The molecule has 1 atom stereocenters. The molecule has 116 valence electrons. The van der Waals surface area contributed by atoms with Crippen molar-refractivity contribution in [2.75, 3.05) is 18.8 Å². The van der Waals surface area contributed by atoms with Gasteiger partial charge in [0.15, 0.2) is 9.84 Å². The van der Waals surface area contributed by atoms with Gasteiger partial charge in [-0.25, -0.2) is 8.42 Å². The van der Waals surface area contributed by atoms with Crippen LogP contribution < -0.4 is 5.73 Å². The second-order valence-corrected chi connectivity index (χ2v) is 7.69. The summed E-state index contributed by atoms with van der Waals surface area (Å²) >= 11 is 0. The Hall–Kier alpha value is -1.40. The van der Waals surface area contributed by atoms with Gasteiger partial charge in [-0.3, -0.25) is 4.79 Å². The van der Waals surface area contributed by atoms with Crippen molar-refractivity contribution in [3.8, 4) is 0 Å². The van der Waals surface area contributed by atoms with Crippen LogP contribution in [-0.4, -0.2) is 43.3 Å². The van der Waals surface area contributed by atoms with Crippen LogP contribution in [0.25, 0.3) is 0 Å². The number of carbonyl (C=O) groups is 1. The van der Waals surface area contributed by atoms with E-state index >= 15 is 0 Å². The first-order valence-corrected chi connectivity index (χ1v) is 9.00. The average molecular weight is 310 g/mol. The molecule has 1 aliphatic rings. The third-order valence-corrected chi connectivity index (χ3v) is 5.94. The van der Waals surface area contributed by atoms with Gasteiger partial charge in [0, 0.05) is 19.6 Å². The lowest BCUT2D eigenvalue weighted by molar-refractivity contribution is -0.131. The predicted molar refractivity (Wildman–Crippen MR) is 82.3 cm³/mol. The highest BCUT2D eigenvalue weighted by molar-refractivity contribution is 7.92. The van der Waals surface area contributed by atoms with Crippen LogP contribution in [0.2, 0.25) is 0 Å². The summed E-state index contributed by atoms with van der Waals surface area (Å²) in [5, 5.41) is -0.887. The van der Waals surface area contributed by atoms with E-state index < -0.39 is 15.1 Å². The van der Waals surface area contributed by atoms with Gasteiger partial charge in [0.05, 0.1) is 5.75 Å². The summed E-state index contributed by atoms with van der Waals surface area (Å²) < 4.78 is 24.2. The van der Waals surface area contributed by atoms with E-state index in [1.807, 2.05) is 30.3 Å². The van der Waals surface area contributed by atoms with Crippen molar-refractivity contribution >= 4 is 15.7 Å². The van der Waals surface area contributed by atoms with Crippen LogP contribution in [-0.2, 0) is 21.2 Å². The highest BCUT2D eigenvalue weighted by Crippen LogP contribution is 2.22. The molecule has 0 saturated carbocycles. The summed E-state index contributed by atoms with van der Waals surface area (Å²) in [5.74, 6) is -0.186. The summed E-state index contributed by atoms with van der Waals surface area (Å²) in [6, 6.07) is 9.55. The molecule has 1 fully saturated rings. The Morgan fingerprint density at radius 1 is 1.24 bits per heavy atom. The highest BCUT2D eigenvalue weighted by Gasteiger charge is 2.37. The molecule has 1 saturated heterocycles. The molecule has 6 heteroatoms. The molecule has 21 heavy (non-hydrogen) atoms. The van der Waals surface area contributed by atoms with E-state index in [0.717, 1.165) is 12.0 Å². The van der Waals surface area contributed by atoms with Gasteiger partial charge in [0.1, 0.15) is 5.25 Å². The fourth-order valence-electron chi connectivity index (χ4n) is 2.66. The number of hydrogen-bond acceptors (Lipinski definition) is 4. The van der Waals surface area contributed by atoms with Gasteiger partial charge in [0.25, 0.3) is 0 Å². The monoisotopic (exact) mass is 310 g/mol. The van der Waals surface area contributed by atoms with Gasteiger partial charge >= 0.3 is 0 Å². The van der Waals surface area contributed by atoms with Gasteiger partial charge in [-0.2, -0.15) is 0 Å². The predicted octanol–water partition coefficient (Wildman–Crippen LogP) is 0.941. The zero-order valence-corrected chi connectivity index (χ0v) is 12.9. The zero-order valence-electron chi connectivity index (χ0n) is 12.1. The quantitative estimate of drug-likeness (QED) is 0.878. The van der Waals surface area contributed by atoms with Crippen molar-refractivity contribution in [3.63, 3.8) is 0 Å². The van der Waals surface area contributed by atoms with E-state index in [2.05, 4.69) is 0 Å². The molecule has 1 aromatic rings. The molecule has 0 aromatic heterocycles. The first-order valence-electron chi connectivity index (χ1n) is 7.29. The Morgan fingerprint density at radius 2 is 1.95 bits per heavy atom. The van der Waals surface area contributed by atoms with Gasteiger partial charge < -0.3 is 10.6 Å². The fraction of sp³-hybridized carbons (Fsp3) is 0.533. The lowest BCUT2D eigenvalue weighted by atomic mass is 10.1. The summed E-state index contributed by atoms with van der Waals surface area (Å²) in [6.07, 6.45) is 1.87. The molecule has 0 spiro atoms. The fourth-order valence-corrected chi connectivity index (χ4v) is 4.54. The third kappa shape index (κ3) is 4.04. The van der Waals surface area contributed by atoms with Gasteiger partial charge in [-0.15, -0.1) is 0 Å². The first kappa shape index (κ1) is 16.0. The van der Waals surface area contributed by atoms with Crippen molar-refractivity contribution in [3.05, 3.63) is 35.9 Å². The SMILES string of the molecule is NCCN(Cc1ccccc1)C(=O)C1CCCCS1(=O)=O. The Kier molecular flexibility index (Phi) is 5.36. The summed E-state index contributed by atoms with van der Waals surface area (Å²) in [6.45, 7) is 1.11. The largest absolute Gasteiger partial charge is 0.336 e. The molecule has 0 radical (unpaired) electrons. The van der Waals surface area contributed by atoms with Crippen LogP contribution in [0.4, 0.5) is 0 Å². The van der Waals surface area contributed by atoms with E-state index in [4.69, 9.17) is 5.73 Å².